The van der Waals surface area contributed by atoms with Gasteiger partial charge >= 0.3 is 5.97 Å². The molecule has 31 heavy (non-hydrogen) atoms. The average Bonchev–Trinajstić information content (AvgIpc) is 2.72. The number of carboxylic acid groups (broad SMARTS) is 1. The van der Waals surface area contributed by atoms with E-state index >= 15 is 0 Å². The van der Waals surface area contributed by atoms with Crippen molar-refractivity contribution in [1.82, 2.24) is 0 Å². The molecule has 2 aromatic rings. The zero-order valence-electron chi connectivity index (χ0n) is 17.0. The van der Waals surface area contributed by atoms with Gasteiger partial charge in [0.1, 0.15) is 11.5 Å². The van der Waals surface area contributed by atoms with Gasteiger partial charge < -0.3 is 25.2 Å². The SMILES string of the molecule is COc1cc(OC)c(NC(=O)C(C)Sc2cccc(NC(=O)/C=C/C(=O)O)c2)cc1Cl. The van der Waals surface area contributed by atoms with Gasteiger partial charge in [-0.1, -0.05) is 17.7 Å². The van der Waals surface area contributed by atoms with Crippen LogP contribution in [0.15, 0.2) is 53.4 Å². The second-order valence-electron chi connectivity index (χ2n) is 6.13. The van der Waals surface area contributed by atoms with Crippen molar-refractivity contribution < 1.29 is 29.0 Å². The minimum Gasteiger partial charge on any atom is -0.495 e. The number of nitrogens with one attached hydrogen (secondary N) is 2. The maximum atomic E-state index is 12.7. The fraction of sp³-hybridized carbons (Fsp3) is 0.190. The summed E-state index contributed by atoms with van der Waals surface area (Å²) in [5.74, 6) is -1.22. The molecular formula is C21H21ClN2O6S. The number of hydrogen-bond donors (Lipinski definition) is 3. The molecule has 0 aliphatic rings. The number of rotatable bonds is 9. The van der Waals surface area contributed by atoms with E-state index in [4.69, 9.17) is 26.2 Å². The molecular weight excluding hydrogens is 444 g/mol. The van der Waals surface area contributed by atoms with Gasteiger partial charge in [-0.2, -0.15) is 0 Å². The third kappa shape index (κ3) is 7.23. The summed E-state index contributed by atoms with van der Waals surface area (Å²) in [7, 11) is 2.96. The zero-order valence-corrected chi connectivity index (χ0v) is 18.5. The second-order valence-corrected chi connectivity index (χ2v) is 7.95. The number of methoxy groups -OCH3 is 2. The number of carbonyl (C=O) groups is 3. The predicted octanol–water partition coefficient (Wildman–Crippen LogP) is 4.06. The molecule has 0 fully saturated rings. The third-order valence-corrected chi connectivity index (χ3v) is 5.28. The van der Waals surface area contributed by atoms with Crippen molar-refractivity contribution in [2.45, 2.75) is 17.1 Å². The maximum Gasteiger partial charge on any atom is 0.328 e. The molecule has 0 heterocycles. The fourth-order valence-electron chi connectivity index (χ4n) is 2.43. The van der Waals surface area contributed by atoms with Crippen LogP contribution in [0.2, 0.25) is 5.02 Å². The van der Waals surface area contributed by atoms with Crippen molar-refractivity contribution in [3.05, 3.63) is 53.6 Å². The van der Waals surface area contributed by atoms with Gasteiger partial charge in [-0.3, -0.25) is 9.59 Å². The van der Waals surface area contributed by atoms with E-state index in [0.717, 1.165) is 17.0 Å². The molecule has 0 bridgehead atoms. The van der Waals surface area contributed by atoms with Gasteiger partial charge in [0, 0.05) is 28.8 Å². The van der Waals surface area contributed by atoms with Gasteiger partial charge in [0.05, 0.1) is 30.2 Å². The van der Waals surface area contributed by atoms with Gasteiger partial charge in [-0.15, -0.1) is 11.8 Å². The van der Waals surface area contributed by atoms with Gasteiger partial charge in [-0.25, -0.2) is 4.79 Å². The van der Waals surface area contributed by atoms with E-state index in [-0.39, 0.29) is 5.91 Å². The lowest BCUT2D eigenvalue weighted by atomic mass is 10.2. The molecule has 0 aliphatic carbocycles. The number of halogens is 1. The number of carbonyl (C=O) groups excluding carboxylic acids is 2. The Morgan fingerprint density at radius 1 is 1.06 bits per heavy atom. The molecule has 10 heteroatoms. The first-order chi connectivity index (χ1) is 14.7. The Bertz CT molecular complexity index is 1010. The van der Waals surface area contributed by atoms with Crippen LogP contribution in [0.5, 0.6) is 11.5 Å². The number of amides is 2. The van der Waals surface area contributed by atoms with E-state index in [1.54, 1.807) is 43.3 Å². The molecule has 8 nitrogen and oxygen atoms in total. The van der Waals surface area contributed by atoms with Crippen molar-refractivity contribution in [2.75, 3.05) is 24.9 Å². The molecule has 0 aliphatic heterocycles. The van der Waals surface area contributed by atoms with Crippen LogP contribution < -0.4 is 20.1 Å². The van der Waals surface area contributed by atoms with Crippen molar-refractivity contribution in [3.8, 4) is 11.5 Å². The van der Waals surface area contributed by atoms with Gasteiger partial charge in [0.25, 0.3) is 0 Å². The molecule has 164 valence electrons. The molecule has 2 aromatic carbocycles. The molecule has 0 saturated carbocycles. The van der Waals surface area contributed by atoms with Crippen LogP contribution in [0, 0.1) is 0 Å². The fourth-order valence-corrected chi connectivity index (χ4v) is 3.59. The first-order valence-corrected chi connectivity index (χ1v) is 10.2. The highest BCUT2D eigenvalue weighted by molar-refractivity contribution is 8.00. The molecule has 0 radical (unpaired) electrons. The smallest absolute Gasteiger partial charge is 0.328 e. The molecule has 1 atom stereocenters. The Hall–Kier alpha value is -3.17. The Morgan fingerprint density at radius 3 is 2.42 bits per heavy atom. The van der Waals surface area contributed by atoms with E-state index in [2.05, 4.69) is 10.6 Å². The number of carboxylic acids is 1. The quantitative estimate of drug-likeness (QED) is 0.378. The maximum absolute atomic E-state index is 12.7. The monoisotopic (exact) mass is 464 g/mol. The molecule has 2 amide bonds. The van der Waals surface area contributed by atoms with Gasteiger partial charge in [-0.05, 0) is 31.2 Å². The van der Waals surface area contributed by atoms with Crippen LogP contribution in [-0.2, 0) is 14.4 Å². The van der Waals surface area contributed by atoms with Gasteiger partial charge in [0.2, 0.25) is 11.8 Å². The van der Waals surface area contributed by atoms with Crippen molar-refractivity contribution in [3.63, 3.8) is 0 Å². The number of aliphatic carboxylic acids is 1. The number of hydrogen-bond acceptors (Lipinski definition) is 6. The summed E-state index contributed by atoms with van der Waals surface area (Å²) in [6.45, 7) is 1.73. The largest absolute Gasteiger partial charge is 0.495 e. The highest BCUT2D eigenvalue weighted by atomic mass is 35.5. The minimum atomic E-state index is -1.21. The normalized spacial score (nSPS) is 11.6. The summed E-state index contributed by atoms with van der Waals surface area (Å²) in [6, 6.07) is 9.99. The number of benzene rings is 2. The van der Waals surface area contributed by atoms with E-state index in [9.17, 15) is 14.4 Å². The number of ether oxygens (including phenoxy) is 2. The molecule has 0 aromatic heterocycles. The van der Waals surface area contributed by atoms with Crippen LogP contribution >= 0.6 is 23.4 Å². The van der Waals surface area contributed by atoms with Crippen molar-refractivity contribution in [1.29, 1.82) is 0 Å². The summed E-state index contributed by atoms with van der Waals surface area (Å²) in [5.41, 5.74) is 0.887. The van der Waals surface area contributed by atoms with Crippen LogP contribution in [0.25, 0.3) is 0 Å². The summed E-state index contributed by atoms with van der Waals surface area (Å²) < 4.78 is 10.4. The number of thioether (sulfide) groups is 1. The lowest BCUT2D eigenvalue weighted by Gasteiger charge is -2.16. The Labute approximate surface area is 188 Å². The summed E-state index contributed by atoms with van der Waals surface area (Å²) in [4.78, 5) is 35.6. The minimum absolute atomic E-state index is 0.275. The highest BCUT2D eigenvalue weighted by Crippen LogP contribution is 2.36. The highest BCUT2D eigenvalue weighted by Gasteiger charge is 2.18. The molecule has 0 saturated heterocycles. The Morgan fingerprint density at radius 2 is 1.77 bits per heavy atom. The van der Waals surface area contributed by atoms with Gasteiger partial charge in [0.15, 0.2) is 0 Å². The zero-order chi connectivity index (χ0) is 23.0. The van der Waals surface area contributed by atoms with Crippen LogP contribution in [-0.4, -0.2) is 42.4 Å². The van der Waals surface area contributed by atoms with E-state index < -0.39 is 17.1 Å². The summed E-state index contributed by atoms with van der Waals surface area (Å²) >= 11 is 7.42. The van der Waals surface area contributed by atoms with E-state index in [0.29, 0.717) is 27.9 Å². The Kier molecular flexibility index (Phi) is 8.77. The topological polar surface area (TPSA) is 114 Å². The molecule has 3 N–H and O–H groups in total. The summed E-state index contributed by atoms with van der Waals surface area (Å²) in [6.07, 6.45) is 1.67. The molecule has 2 rings (SSSR count). The molecule has 0 spiro atoms. The van der Waals surface area contributed by atoms with E-state index in [1.165, 1.54) is 26.0 Å². The van der Waals surface area contributed by atoms with Crippen molar-refractivity contribution >= 4 is 52.5 Å². The third-order valence-electron chi connectivity index (χ3n) is 3.89. The van der Waals surface area contributed by atoms with E-state index in [1.807, 2.05) is 0 Å². The lowest BCUT2D eigenvalue weighted by molar-refractivity contribution is -0.131. The first kappa shape index (κ1) is 24.1. The van der Waals surface area contributed by atoms with Crippen LogP contribution in [0.3, 0.4) is 0 Å². The average molecular weight is 465 g/mol. The predicted molar refractivity (Wildman–Crippen MR) is 120 cm³/mol. The Balaban J connectivity index is 2.06. The molecule has 1 unspecified atom stereocenters. The van der Waals surface area contributed by atoms with Crippen molar-refractivity contribution in [2.24, 2.45) is 0 Å². The number of anilines is 2. The second kappa shape index (κ2) is 11.3. The standard InChI is InChI=1S/C21H21ClN2O6S/c1-12(21(28)24-16-10-15(22)17(29-2)11-18(16)30-3)31-14-6-4-5-13(9-14)23-19(25)7-8-20(26)27/h4-12H,1-3H3,(H,23,25)(H,24,28)(H,26,27)/b8-7+. The first-order valence-electron chi connectivity index (χ1n) is 8.94. The summed E-state index contributed by atoms with van der Waals surface area (Å²) in [5, 5.41) is 13.8. The van der Waals surface area contributed by atoms with Crippen LogP contribution in [0.4, 0.5) is 11.4 Å². The van der Waals surface area contributed by atoms with Crippen LogP contribution in [0.1, 0.15) is 6.92 Å². The lowest BCUT2D eigenvalue weighted by Crippen LogP contribution is -2.22.